The molecule has 0 bridgehead atoms. The Labute approximate surface area is 168 Å². The average Bonchev–Trinajstić information content (AvgIpc) is 2.75. The molecule has 3 aromatic carbocycles. The van der Waals surface area contributed by atoms with Crippen LogP contribution in [0, 0.1) is 11.7 Å². The molecular weight excluding hydrogens is 343 g/mol. The Morgan fingerprint density at radius 3 is 2.39 bits per heavy atom. The summed E-state index contributed by atoms with van der Waals surface area (Å²) in [6.45, 7) is 6.08. The standard InChI is InChI=1S/C27H29F/c1-3-5-20-6-9-21(10-7-20)22-11-13-23(14-12-22)25-17-15-24-18-19(4-2)8-16-26(24)27(25)28/h4,8,11-18,20-21H,2-3,5-7,9-10H2,1H3. The summed E-state index contributed by atoms with van der Waals surface area (Å²) in [7, 11) is 0. The SMILES string of the molecule is C=Cc1ccc2c(F)c(-c3ccc(C4CCC(CCC)CC4)cc3)ccc2c1. The lowest BCUT2D eigenvalue weighted by atomic mass is 9.77. The summed E-state index contributed by atoms with van der Waals surface area (Å²) in [6.07, 6.45) is 9.76. The van der Waals surface area contributed by atoms with Crippen molar-refractivity contribution in [2.45, 2.75) is 51.4 Å². The fourth-order valence-electron chi connectivity index (χ4n) is 4.79. The van der Waals surface area contributed by atoms with E-state index in [-0.39, 0.29) is 5.82 Å². The Balaban J connectivity index is 1.56. The lowest BCUT2D eigenvalue weighted by Gasteiger charge is -2.28. The highest BCUT2D eigenvalue weighted by Crippen LogP contribution is 2.38. The van der Waals surface area contributed by atoms with E-state index in [2.05, 4.69) is 37.8 Å². The Kier molecular flexibility index (Phi) is 5.62. The summed E-state index contributed by atoms with van der Waals surface area (Å²) in [4.78, 5) is 0. The summed E-state index contributed by atoms with van der Waals surface area (Å²) in [5.74, 6) is 1.45. The van der Waals surface area contributed by atoms with Gasteiger partial charge in [-0.2, -0.15) is 0 Å². The molecule has 1 fully saturated rings. The van der Waals surface area contributed by atoms with Crippen LogP contribution in [0.3, 0.4) is 0 Å². The molecule has 0 radical (unpaired) electrons. The molecule has 0 aromatic heterocycles. The van der Waals surface area contributed by atoms with Crippen molar-refractivity contribution in [1.82, 2.24) is 0 Å². The largest absolute Gasteiger partial charge is 0.206 e. The van der Waals surface area contributed by atoms with E-state index in [4.69, 9.17) is 0 Å². The fourth-order valence-corrected chi connectivity index (χ4v) is 4.79. The van der Waals surface area contributed by atoms with Crippen LogP contribution >= 0.6 is 0 Å². The van der Waals surface area contributed by atoms with Crippen molar-refractivity contribution < 1.29 is 4.39 Å². The smallest absolute Gasteiger partial charge is 0.138 e. The molecule has 0 saturated heterocycles. The Morgan fingerprint density at radius 1 is 0.964 bits per heavy atom. The lowest BCUT2D eigenvalue weighted by Crippen LogP contribution is -2.13. The summed E-state index contributed by atoms with van der Waals surface area (Å²) in [6, 6.07) is 18.3. The molecule has 0 unspecified atom stereocenters. The van der Waals surface area contributed by atoms with Gasteiger partial charge < -0.3 is 0 Å². The van der Waals surface area contributed by atoms with Gasteiger partial charge in [0.05, 0.1) is 0 Å². The minimum atomic E-state index is -0.138. The maximum absolute atomic E-state index is 15.1. The van der Waals surface area contributed by atoms with E-state index < -0.39 is 0 Å². The monoisotopic (exact) mass is 372 g/mol. The first-order valence-electron chi connectivity index (χ1n) is 10.6. The van der Waals surface area contributed by atoms with E-state index >= 15 is 4.39 Å². The summed E-state index contributed by atoms with van der Waals surface area (Å²) < 4.78 is 15.1. The van der Waals surface area contributed by atoms with E-state index in [1.165, 1.54) is 44.1 Å². The van der Waals surface area contributed by atoms with Crippen molar-refractivity contribution in [3.05, 3.63) is 78.1 Å². The maximum Gasteiger partial charge on any atom is 0.138 e. The lowest BCUT2D eigenvalue weighted by molar-refractivity contribution is 0.308. The van der Waals surface area contributed by atoms with Crippen LogP contribution in [0.5, 0.6) is 0 Å². The Morgan fingerprint density at radius 2 is 1.71 bits per heavy atom. The third-order valence-corrected chi connectivity index (χ3v) is 6.45. The molecule has 0 heterocycles. The normalized spacial score (nSPS) is 19.6. The molecule has 0 aliphatic heterocycles. The zero-order chi connectivity index (χ0) is 19.5. The van der Waals surface area contributed by atoms with E-state index in [1.807, 2.05) is 30.3 Å². The number of halogens is 1. The first-order valence-corrected chi connectivity index (χ1v) is 10.6. The predicted octanol–water partition coefficient (Wildman–Crippen LogP) is 8.36. The van der Waals surface area contributed by atoms with Crippen LogP contribution in [-0.4, -0.2) is 0 Å². The quantitative estimate of drug-likeness (QED) is 0.422. The third kappa shape index (κ3) is 3.76. The van der Waals surface area contributed by atoms with Gasteiger partial charge in [-0.15, -0.1) is 0 Å². The molecule has 1 saturated carbocycles. The molecule has 0 nitrogen and oxygen atoms in total. The van der Waals surface area contributed by atoms with Gasteiger partial charge in [0.15, 0.2) is 0 Å². The molecule has 3 aromatic rings. The summed E-state index contributed by atoms with van der Waals surface area (Å²) >= 11 is 0. The summed E-state index contributed by atoms with van der Waals surface area (Å²) in [5, 5.41) is 1.58. The molecule has 0 N–H and O–H groups in total. The van der Waals surface area contributed by atoms with E-state index in [0.29, 0.717) is 16.9 Å². The van der Waals surface area contributed by atoms with E-state index in [0.717, 1.165) is 22.4 Å². The molecule has 1 aliphatic carbocycles. The van der Waals surface area contributed by atoms with E-state index in [1.54, 1.807) is 6.08 Å². The number of rotatable bonds is 5. The van der Waals surface area contributed by atoms with Crippen LogP contribution in [0.1, 0.15) is 62.5 Å². The second-order valence-electron chi connectivity index (χ2n) is 8.24. The first kappa shape index (κ1) is 18.9. The van der Waals surface area contributed by atoms with Gasteiger partial charge in [0, 0.05) is 10.9 Å². The Hall–Kier alpha value is -2.41. The molecule has 4 rings (SSSR count). The van der Waals surface area contributed by atoms with Gasteiger partial charge >= 0.3 is 0 Å². The second-order valence-corrected chi connectivity index (χ2v) is 8.24. The third-order valence-electron chi connectivity index (χ3n) is 6.45. The topological polar surface area (TPSA) is 0 Å². The second kappa shape index (κ2) is 8.31. The van der Waals surface area contributed by atoms with Crippen LogP contribution in [0.4, 0.5) is 4.39 Å². The van der Waals surface area contributed by atoms with Gasteiger partial charge in [-0.1, -0.05) is 81.0 Å². The number of hydrogen-bond acceptors (Lipinski definition) is 0. The van der Waals surface area contributed by atoms with Gasteiger partial charge in [-0.25, -0.2) is 4.39 Å². The highest BCUT2D eigenvalue weighted by molar-refractivity contribution is 5.89. The van der Waals surface area contributed by atoms with Gasteiger partial charge in [-0.05, 0) is 65.7 Å². The van der Waals surface area contributed by atoms with Gasteiger partial charge in [0.25, 0.3) is 0 Å². The molecule has 0 atom stereocenters. The van der Waals surface area contributed by atoms with Gasteiger partial charge in [-0.3, -0.25) is 0 Å². The summed E-state index contributed by atoms with van der Waals surface area (Å²) in [5.41, 5.74) is 4.06. The van der Waals surface area contributed by atoms with Crippen molar-refractivity contribution in [3.8, 4) is 11.1 Å². The minimum Gasteiger partial charge on any atom is -0.206 e. The zero-order valence-electron chi connectivity index (χ0n) is 16.8. The Bertz CT molecular complexity index is 959. The van der Waals surface area contributed by atoms with Crippen LogP contribution in [0.25, 0.3) is 28.0 Å². The van der Waals surface area contributed by atoms with Crippen LogP contribution < -0.4 is 0 Å². The molecule has 1 aliphatic rings. The van der Waals surface area contributed by atoms with Crippen molar-refractivity contribution >= 4 is 16.8 Å². The van der Waals surface area contributed by atoms with Crippen LogP contribution in [0.15, 0.2) is 61.2 Å². The highest BCUT2D eigenvalue weighted by atomic mass is 19.1. The number of benzene rings is 3. The molecule has 1 heteroatoms. The minimum absolute atomic E-state index is 0.138. The average molecular weight is 373 g/mol. The van der Waals surface area contributed by atoms with Gasteiger partial charge in [0.1, 0.15) is 5.82 Å². The van der Waals surface area contributed by atoms with Crippen molar-refractivity contribution in [3.63, 3.8) is 0 Å². The number of fused-ring (bicyclic) bond motifs is 1. The number of hydrogen-bond donors (Lipinski definition) is 0. The van der Waals surface area contributed by atoms with Crippen molar-refractivity contribution in [2.75, 3.05) is 0 Å². The van der Waals surface area contributed by atoms with Crippen molar-refractivity contribution in [1.29, 1.82) is 0 Å². The fraction of sp³-hybridized carbons (Fsp3) is 0.333. The zero-order valence-corrected chi connectivity index (χ0v) is 16.8. The van der Waals surface area contributed by atoms with Gasteiger partial charge in [0.2, 0.25) is 0 Å². The predicted molar refractivity (Wildman–Crippen MR) is 119 cm³/mol. The van der Waals surface area contributed by atoms with Crippen molar-refractivity contribution in [2.24, 2.45) is 5.92 Å². The molecule has 144 valence electrons. The molecule has 28 heavy (non-hydrogen) atoms. The van der Waals surface area contributed by atoms with Crippen LogP contribution in [0.2, 0.25) is 0 Å². The van der Waals surface area contributed by atoms with E-state index in [9.17, 15) is 0 Å². The molecular formula is C27H29F. The first-order chi connectivity index (χ1) is 13.7. The molecule has 0 spiro atoms. The maximum atomic E-state index is 15.1. The highest BCUT2D eigenvalue weighted by Gasteiger charge is 2.22. The molecule has 0 amide bonds. The van der Waals surface area contributed by atoms with Crippen LogP contribution in [-0.2, 0) is 0 Å².